The lowest BCUT2D eigenvalue weighted by Crippen LogP contribution is -2.24. The molecule has 1 atom stereocenters. The molecule has 0 fully saturated rings. The molecule has 5 nitrogen and oxygen atoms in total. The number of rotatable bonds is 4. The van der Waals surface area contributed by atoms with Gasteiger partial charge < -0.3 is 5.32 Å². The Kier molecular flexibility index (Phi) is 5.18. The summed E-state index contributed by atoms with van der Waals surface area (Å²) in [5, 5.41) is 6.93. The first-order chi connectivity index (χ1) is 12.8. The molecule has 0 aliphatic rings. The number of anilines is 1. The standard InChI is InChI=1S/C18H14ClF3N4O/c1-11(12-5-3-2-4-6-12)25-14-10-24-26(17(27)16(14)19)15-8-7-13(9-23-15)18(20,21)22/h2-11,25H,1H3. The molecule has 140 valence electrons. The van der Waals surface area contributed by atoms with E-state index in [2.05, 4.69) is 15.4 Å². The van der Waals surface area contributed by atoms with E-state index in [0.29, 0.717) is 11.9 Å². The molecule has 3 rings (SSSR count). The highest BCUT2D eigenvalue weighted by atomic mass is 35.5. The summed E-state index contributed by atoms with van der Waals surface area (Å²) >= 11 is 6.14. The fourth-order valence-corrected chi connectivity index (χ4v) is 2.62. The average Bonchev–Trinajstić information content (AvgIpc) is 2.66. The van der Waals surface area contributed by atoms with Crippen LogP contribution in [-0.2, 0) is 6.18 Å². The number of nitrogens with zero attached hydrogens (tertiary/aromatic N) is 3. The van der Waals surface area contributed by atoms with Crippen LogP contribution < -0.4 is 10.9 Å². The molecule has 0 saturated heterocycles. The van der Waals surface area contributed by atoms with Gasteiger partial charge in [0.25, 0.3) is 5.56 Å². The summed E-state index contributed by atoms with van der Waals surface area (Å²) in [4.78, 5) is 16.1. The van der Waals surface area contributed by atoms with E-state index in [4.69, 9.17) is 11.6 Å². The van der Waals surface area contributed by atoms with Crippen molar-refractivity contribution >= 4 is 17.3 Å². The minimum atomic E-state index is -4.51. The second kappa shape index (κ2) is 7.40. The van der Waals surface area contributed by atoms with Crippen LogP contribution in [0.25, 0.3) is 5.82 Å². The number of pyridine rings is 1. The van der Waals surface area contributed by atoms with E-state index in [0.717, 1.165) is 22.4 Å². The number of alkyl halides is 3. The van der Waals surface area contributed by atoms with Crippen molar-refractivity contribution in [1.29, 1.82) is 0 Å². The minimum Gasteiger partial charge on any atom is -0.376 e. The minimum absolute atomic E-state index is 0.0578. The molecule has 0 spiro atoms. The van der Waals surface area contributed by atoms with E-state index in [9.17, 15) is 18.0 Å². The summed E-state index contributed by atoms with van der Waals surface area (Å²) in [5.41, 5.74) is -0.294. The highest BCUT2D eigenvalue weighted by Crippen LogP contribution is 2.28. The van der Waals surface area contributed by atoms with Crippen LogP contribution in [0.1, 0.15) is 24.1 Å². The number of aromatic nitrogens is 3. The first kappa shape index (κ1) is 18.9. The molecule has 3 aromatic rings. The van der Waals surface area contributed by atoms with Crippen molar-refractivity contribution in [1.82, 2.24) is 14.8 Å². The fourth-order valence-electron chi connectivity index (χ4n) is 2.43. The maximum atomic E-state index is 12.6. The molecule has 27 heavy (non-hydrogen) atoms. The van der Waals surface area contributed by atoms with Gasteiger partial charge in [-0.15, -0.1) is 0 Å². The summed E-state index contributed by atoms with van der Waals surface area (Å²) in [5.74, 6) is -0.0578. The summed E-state index contributed by atoms with van der Waals surface area (Å²) in [6.07, 6.45) is -2.54. The van der Waals surface area contributed by atoms with Gasteiger partial charge in [-0.05, 0) is 24.6 Å². The molecule has 2 heterocycles. The molecule has 9 heteroatoms. The van der Waals surface area contributed by atoms with E-state index < -0.39 is 17.3 Å². The van der Waals surface area contributed by atoms with Crippen LogP contribution in [0.15, 0.2) is 59.7 Å². The molecule has 0 aliphatic heterocycles. The van der Waals surface area contributed by atoms with E-state index in [1.54, 1.807) is 0 Å². The Labute approximate surface area is 157 Å². The number of hydrogen-bond acceptors (Lipinski definition) is 4. The van der Waals surface area contributed by atoms with Gasteiger partial charge in [0, 0.05) is 12.2 Å². The van der Waals surface area contributed by atoms with Crippen LogP contribution in [0.3, 0.4) is 0 Å². The molecule has 1 aromatic carbocycles. The Bertz CT molecular complexity index is 988. The zero-order valence-corrected chi connectivity index (χ0v) is 14.8. The lowest BCUT2D eigenvalue weighted by molar-refractivity contribution is -0.137. The third-order valence-electron chi connectivity index (χ3n) is 3.88. The lowest BCUT2D eigenvalue weighted by Gasteiger charge is -2.16. The van der Waals surface area contributed by atoms with Gasteiger partial charge in [0.1, 0.15) is 5.02 Å². The van der Waals surface area contributed by atoms with Crippen LogP contribution >= 0.6 is 11.6 Å². The van der Waals surface area contributed by atoms with Crippen molar-refractivity contribution in [3.8, 4) is 5.82 Å². The van der Waals surface area contributed by atoms with Crippen molar-refractivity contribution in [2.75, 3.05) is 5.32 Å². The zero-order valence-electron chi connectivity index (χ0n) is 14.0. The Balaban J connectivity index is 1.88. The Morgan fingerprint density at radius 2 is 1.81 bits per heavy atom. The van der Waals surface area contributed by atoms with Crippen LogP contribution in [-0.4, -0.2) is 14.8 Å². The van der Waals surface area contributed by atoms with Gasteiger partial charge in [-0.2, -0.15) is 23.0 Å². The van der Waals surface area contributed by atoms with Gasteiger partial charge in [0.2, 0.25) is 0 Å². The Morgan fingerprint density at radius 1 is 1.11 bits per heavy atom. The van der Waals surface area contributed by atoms with Crippen LogP contribution in [0, 0.1) is 0 Å². The van der Waals surface area contributed by atoms with E-state index >= 15 is 0 Å². The maximum absolute atomic E-state index is 12.6. The first-order valence-corrected chi connectivity index (χ1v) is 8.28. The topological polar surface area (TPSA) is 59.8 Å². The summed E-state index contributed by atoms with van der Waals surface area (Å²) in [6.45, 7) is 1.90. The van der Waals surface area contributed by atoms with Gasteiger partial charge >= 0.3 is 6.18 Å². The zero-order chi connectivity index (χ0) is 19.6. The molecular formula is C18H14ClF3N4O. The van der Waals surface area contributed by atoms with E-state index in [-0.39, 0.29) is 16.9 Å². The third-order valence-corrected chi connectivity index (χ3v) is 4.25. The number of halogens is 4. The lowest BCUT2D eigenvalue weighted by atomic mass is 10.1. The summed E-state index contributed by atoms with van der Waals surface area (Å²) in [7, 11) is 0. The van der Waals surface area contributed by atoms with E-state index in [1.807, 2.05) is 37.3 Å². The normalized spacial score (nSPS) is 12.6. The number of hydrogen-bond donors (Lipinski definition) is 1. The monoisotopic (exact) mass is 394 g/mol. The highest BCUT2D eigenvalue weighted by molar-refractivity contribution is 6.32. The summed E-state index contributed by atoms with van der Waals surface area (Å²) in [6, 6.07) is 11.3. The van der Waals surface area contributed by atoms with Crippen molar-refractivity contribution in [3.05, 3.63) is 81.4 Å². The molecule has 2 aromatic heterocycles. The number of benzene rings is 1. The van der Waals surface area contributed by atoms with Gasteiger partial charge in [-0.3, -0.25) is 4.79 Å². The second-order valence-corrected chi connectivity index (χ2v) is 6.15. The largest absolute Gasteiger partial charge is 0.417 e. The molecule has 0 bridgehead atoms. The average molecular weight is 395 g/mol. The van der Waals surface area contributed by atoms with Gasteiger partial charge in [0.15, 0.2) is 5.82 Å². The quantitative estimate of drug-likeness (QED) is 0.709. The van der Waals surface area contributed by atoms with Gasteiger partial charge in [0.05, 0.1) is 17.4 Å². The number of nitrogens with one attached hydrogen (secondary N) is 1. The molecule has 1 N–H and O–H groups in total. The summed E-state index contributed by atoms with van der Waals surface area (Å²) < 4.78 is 38.7. The molecule has 0 saturated carbocycles. The van der Waals surface area contributed by atoms with Crippen LogP contribution in [0.5, 0.6) is 0 Å². The van der Waals surface area contributed by atoms with Crippen molar-refractivity contribution in [2.45, 2.75) is 19.1 Å². The predicted molar refractivity (Wildman–Crippen MR) is 96.1 cm³/mol. The highest BCUT2D eigenvalue weighted by Gasteiger charge is 2.30. The third kappa shape index (κ3) is 4.11. The molecular weight excluding hydrogens is 381 g/mol. The van der Waals surface area contributed by atoms with E-state index in [1.165, 1.54) is 6.20 Å². The van der Waals surface area contributed by atoms with Gasteiger partial charge in [-0.25, -0.2) is 4.98 Å². The smallest absolute Gasteiger partial charge is 0.376 e. The molecule has 0 aliphatic carbocycles. The van der Waals surface area contributed by atoms with Gasteiger partial charge in [-0.1, -0.05) is 41.9 Å². The van der Waals surface area contributed by atoms with Crippen LogP contribution in [0.4, 0.5) is 18.9 Å². The Morgan fingerprint density at radius 3 is 2.41 bits per heavy atom. The SMILES string of the molecule is CC(Nc1cnn(-c2ccc(C(F)(F)F)cn2)c(=O)c1Cl)c1ccccc1. The Hall–Kier alpha value is -2.87. The molecule has 0 amide bonds. The van der Waals surface area contributed by atoms with Crippen LogP contribution in [0.2, 0.25) is 5.02 Å². The first-order valence-electron chi connectivity index (χ1n) is 7.90. The fraction of sp³-hybridized carbons (Fsp3) is 0.167. The van der Waals surface area contributed by atoms with Crippen molar-refractivity contribution in [2.24, 2.45) is 0 Å². The second-order valence-electron chi connectivity index (χ2n) is 5.77. The maximum Gasteiger partial charge on any atom is 0.417 e. The van der Waals surface area contributed by atoms with Crippen molar-refractivity contribution in [3.63, 3.8) is 0 Å². The molecule has 0 radical (unpaired) electrons. The van der Waals surface area contributed by atoms with Crippen molar-refractivity contribution < 1.29 is 13.2 Å². The predicted octanol–water partition coefficient (Wildman–Crippen LogP) is 4.47. The molecule has 1 unspecified atom stereocenters.